The topological polar surface area (TPSA) is 81.5 Å². The van der Waals surface area contributed by atoms with Crippen molar-refractivity contribution in [1.29, 1.82) is 0 Å². The number of benzene rings is 1. The molecule has 0 fully saturated rings. The second-order valence-electron chi connectivity index (χ2n) is 4.74. The molecule has 0 aliphatic carbocycles. The highest BCUT2D eigenvalue weighted by Crippen LogP contribution is 2.29. The van der Waals surface area contributed by atoms with E-state index in [-0.39, 0.29) is 6.42 Å². The third-order valence-electron chi connectivity index (χ3n) is 3.02. The molecule has 6 nitrogen and oxygen atoms in total. The van der Waals surface area contributed by atoms with Gasteiger partial charge in [-0.15, -0.1) is 0 Å². The van der Waals surface area contributed by atoms with Gasteiger partial charge in [0.1, 0.15) is 11.2 Å². The number of nitro groups is 1. The molecule has 1 aromatic carbocycles. The Labute approximate surface area is 120 Å². The zero-order chi connectivity index (χ0) is 16.2. The smallest absolute Gasteiger partial charge is 0.331 e. The summed E-state index contributed by atoms with van der Waals surface area (Å²) in [5.41, 5.74) is -2.63. The molecule has 0 aliphatic rings. The minimum absolute atomic E-state index is 0.273. The van der Waals surface area contributed by atoms with Gasteiger partial charge in [-0.1, -0.05) is 13.3 Å². The maximum absolute atomic E-state index is 13.9. The van der Waals surface area contributed by atoms with Crippen LogP contribution in [0.4, 0.5) is 20.2 Å². The fourth-order valence-corrected chi connectivity index (χ4v) is 2.00. The van der Waals surface area contributed by atoms with Crippen LogP contribution in [-0.2, 0) is 9.53 Å². The summed E-state index contributed by atoms with van der Waals surface area (Å²) in [4.78, 5) is 21.4. The number of carbonyl (C=O) groups excluding carboxylic acids is 1. The third-order valence-corrected chi connectivity index (χ3v) is 3.02. The van der Waals surface area contributed by atoms with Crippen molar-refractivity contribution < 1.29 is 23.2 Å². The van der Waals surface area contributed by atoms with Crippen LogP contribution in [0.3, 0.4) is 0 Å². The summed E-state index contributed by atoms with van der Waals surface area (Å²) < 4.78 is 32.3. The Morgan fingerprint density at radius 3 is 2.33 bits per heavy atom. The molecular weight excluding hydrogens is 286 g/mol. The predicted molar refractivity (Wildman–Crippen MR) is 72.0 cm³/mol. The number of nitrogens with one attached hydrogen (secondary N) is 1. The minimum Gasteiger partial charge on any atom is -0.467 e. The van der Waals surface area contributed by atoms with Gasteiger partial charge < -0.3 is 10.1 Å². The maximum atomic E-state index is 13.9. The highest BCUT2D eigenvalue weighted by Gasteiger charge is 2.35. The van der Waals surface area contributed by atoms with Gasteiger partial charge in [0, 0.05) is 0 Å². The number of rotatable bonds is 6. The molecule has 21 heavy (non-hydrogen) atoms. The van der Waals surface area contributed by atoms with E-state index in [9.17, 15) is 23.7 Å². The van der Waals surface area contributed by atoms with Gasteiger partial charge in [-0.3, -0.25) is 10.1 Å². The van der Waals surface area contributed by atoms with Crippen molar-refractivity contribution in [2.75, 3.05) is 12.4 Å². The van der Waals surface area contributed by atoms with Crippen LogP contribution in [0.2, 0.25) is 0 Å². The molecule has 8 heteroatoms. The van der Waals surface area contributed by atoms with Crippen molar-refractivity contribution >= 4 is 17.3 Å². The SMILES string of the molecule is CCCC(C)(Nc1c(F)cc([N+](=O)[O-])cc1F)C(=O)OC. The third kappa shape index (κ3) is 3.65. The number of nitrogens with zero attached hydrogens (tertiary/aromatic N) is 1. The van der Waals surface area contributed by atoms with Crippen molar-refractivity contribution in [3.05, 3.63) is 33.9 Å². The van der Waals surface area contributed by atoms with Crippen LogP contribution < -0.4 is 5.32 Å². The Morgan fingerprint density at radius 1 is 1.43 bits per heavy atom. The molecule has 0 spiro atoms. The van der Waals surface area contributed by atoms with E-state index in [1.807, 2.05) is 0 Å². The van der Waals surface area contributed by atoms with Crippen molar-refractivity contribution in [3.8, 4) is 0 Å². The summed E-state index contributed by atoms with van der Waals surface area (Å²) in [6.45, 7) is 3.24. The highest BCUT2D eigenvalue weighted by atomic mass is 19.1. The molecule has 116 valence electrons. The molecule has 1 aromatic rings. The Hall–Kier alpha value is -2.25. The average Bonchev–Trinajstić information content (AvgIpc) is 2.41. The molecule has 0 aromatic heterocycles. The number of carbonyl (C=O) groups is 1. The van der Waals surface area contributed by atoms with Crippen LogP contribution >= 0.6 is 0 Å². The molecular formula is C13H16F2N2O4. The number of hydrogen-bond acceptors (Lipinski definition) is 5. The van der Waals surface area contributed by atoms with E-state index in [4.69, 9.17) is 0 Å². The summed E-state index contributed by atoms with van der Waals surface area (Å²) in [5, 5.41) is 13.0. The molecule has 0 heterocycles. The number of ether oxygens (including phenoxy) is 1. The van der Waals surface area contributed by atoms with Crippen LogP contribution in [-0.4, -0.2) is 23.5 Å². The molecule has 0 saturated heterocycles. The van der Waals surface area contributed by atoms with Crippen molar-refractivity contribution in [2.24, 2.45) is 0 Å². The quantitative estimate of drug-likeness (QED) is 0.496. The largest absolute Gasteiger partial charge is 0.467 e. The van der Waals surface area contributed by atoms with Crippen molar-refractivity contribution in [2.45, 2.75) is 32.2 Å². The Balaban J connectivity index is 3.21. The van der Waals surface area contributed by atoms with E-state index >= 15 is 0 Å². The Bertz CT molecular complexity index is 542. The Morgan fingerprint density at radius 2 is 1.95 bits per heavy atom. The molecule has 1 atom stereocenters. The van der Waals surface area contributed by atoms with E-state index < -0.39 is 39.4 Å². The van der Waals surface area contributed by atoms with Gasteiger partial charge in [0.15, 0.2) is 11.6 Å². The molecule has 1 N–H and O–H groups in total. The molecule has 0 radical (unpaired) electrons. The number of non-ortho nitro benzene ring substituents is 1. The van der Waals surface area contributed by atoms with Gasteiger partial charge in [0.2, 0.25) is 0 Å². The lowest BCUT2D eigenvalue weighted by Gasteiger charge is -2.29. The first-order valence-corrected chi connectivity index (χ1v) is 6.25. The van der Waals surface area contributed by atoms with Crippen LogP contribution in [0.1, 0.15) is 26.7 Å². The summed E-state index contributed by atoms with van der Waals surface area (Å²) >= 11 is 0. The number of anilines is 1. The summed E-state index contributed by atoms with van der Waals surface area (Å²) in [5.74, 6) is -2.97. The fraction of sp³-hybridized carbons (Fsp3) is 0.462. The maximum Gasteiger partial charge on any atom is 0.331 e. The molecule has 0 saturated carbocycles. The molecule has 1 rings (SSSR count). The normalized spacial score (nSPS) is 13.4. The number of halogens is 2. The summed E-state index contributed by atoms with van der Waals surface area (Å²) in [6, 6.07) is 1.18. The molecule has 1 unspecified atom stereocenters. The van der Waals surface area contributed by atoms with E-state index in [0.29, 0.717) is 18.6 Å². The van der Waals surface area contributed by atoms with Gasteiger partial charge >= 0.3 is 5.97 Å². The molecule has 0 aliphatic heterocycles. The van der Waals surface area contributed by atoms with Crippen LogP contribution in [0, 0.1) is 21.7 Å². The van der Waals surface area contributed by atoms with E-state index in [1.165, 1.54) is 14.0 Å². The number of hydrogen-bond donors (Lipinski definition) is 1. The summed E-state index contributed by atoms with van der Waals surface area (Å²) in [6.07, 6.45) is 0.838. The number of nitro benzene ring substituents is 1. The van der Waals surface area contributed by atoms with Crippen LogP contribution in [0.15, 0.2) is 12.1 Å². The number of esters is 1. The standard InChI is InChI=1S/C13H16F2N2O4/c1-4-5-13(2,12(18)21-3)16-11-9(14)6-8(17(19)20)7-10(11)15/h6-7,16H,4-5H2,1-3H3. The van der Waals surface area contributed by atoms with Crippen molar-refractivity contribution in [3.63, 3.8) is 0 Å². The summed E-state index contributed by atoms with van der Waals surface area (Å²) in [7, 11) is 1.17. The first-order valence-electron chi connectivity index (χ1n) is 6.25. The van der Waals surface area contributed by atoms with E-state index in [2.05, 4.69) is 10.1 Å². The predicted octanol–water partition coefficient (Wildman–Crippen LogP) is 3.02. The first kappa shape index (κ1) is 16.8. The Kier molecular flexibility index (Phi) is 5.17. The van der Waals surface area contributed by atoms with Crippen molar-refractivity contribution in [1.82, 2.24) is 0 Å². The molecule has 0 bridgehead atoms. The van der Waals surface area contributed by atoms with Crippen LogP contribution in [0.5, 0.6) is 0 Å². The lowest BCUT2D eigenvalue weighted by atomic mass is 9.95. The van der Waals surface area contributed by atoms with Crippen LogP contribution in [0.25, 0.3) is 0 Å². The lowest BCUT2D eigenvalue weighted by Crippen LogP contribution is -2.44. The monoisotopic (exact) mass is 302 g/mol. The van der Waals surface area contributed by atoms with E-state index in [1.54, 1.807) is 6.92 Å². The van der Waals surface area contributed by atoms with Gasteiger partial charge in [-0.05, 0) is 13.3 Å². The zero-order valence-electron chi connectivity index (χ0n) is 11.9. The number of methoxy groups -OCH3 is 1. The van der Waals surface area contributed by atoms with Gasteiger partial charge in [0.05, 0.1) is 24.2 Å². The van der Waals surface area contributed by atoms with Gasteiger partial charge in [-0.2, -0.15) is 0 Å². The fourth-order valence-electron chi connectivity index (χ4n) is 2.00. The van der Waals surface area contributed by atoms with Gasteiger partial charge in [-0.25, -0.2) is 13.6 Å². The first-order chi connectivity index (χ1) is 9.75. The zero-order valence-corrected chi connectivity index (χ0v) is 11.9. The minimum atomic E-state index is -1.33. The van der Waals surface area contributed by atoms with Gasteiger partial charge in [0.25, 0.3) is 5.69 Å². The highest BCUT2D eigenvalue weighted by molar-refractivity contribution is 5.84. The average molecular weight is 302 g/mol. The van der Waals surface area contributed by atoms with E-state index in [0.717, 1.165) is 0 Å². The second kappa shape index (κ2) is 6.47. The molecule has 0 amide bonds. The second-order valence-corrected chi connectivity index (χ2v) is 4.74. The lowest BCUT2D eigenvalue weighted by molar-refractivity contribution is -0.385.